The molecule has 0 saturated heterocycles. The highest BCUT2D eigenvalue weighted by atomic mass is 35.5. The predicted molar refractivity (Wildman–Crippen MR) is 71.7 cm³/mol. The minimum Gasteiger partial charge on any atom is -0.243 e. The van der Waals surface area contributed by atoms with E-state index in [2.05, 4.69) is 21.5 Å². The molecule has 0 aliphatic heterocycles. The van der Waals surface area contributed by atoms with Gasteiger partial charge in [-0.2, -0.15) is 0 Å². The van der Waals surface area contributed by atoms with Crippen molar-refractivity contribution >= 4 is 51.4 Å². The summed E-state index contributed by atoms with van der Waals surface area (Å²) in [4.78, 5) is 12.2. The van der Waals surface area contributed by atoms with Gasteiger partial charge in [0, 0.05) is 0 Å². The van der Waals surface area contributed by atoms with Crippen LogP contribution in [0.25, 0.3) is 16.6 Å². The van der Waals surface area contributed by atoms with Gasteiger partial charge in [-0.15, -0.1) is 0 Å². The van der Waals surface area contributed by atoms with E-state index in [-0.39, 0.29) is 10.4 Å². The Morgan fingerprint density at radius 1 is 1.18 bits per heavy atom. The first-order valence-corrected chi connectivity index (χ1v) is 6.03. The molecule has 0 aliphatic carbocycles. The summed E-state index contributed by atoms with van der Waals surface area (Å²) in [6.07, 6.45) is 0.779. The summed E-state index contributed by atoms with van der Waals surface area (Å²) in [6, 6.07) is 1.70. The third kappa shape index (κ3) is 2.37. The van der Waals surface area contributed by atoms with E-state index in [1.165, 1.54) is 0 Å². The van der Waals surface area contributed by atoms with Gasteiger partial charge in [-0.3, -0.25) is 0 Å². The van der Waals surface area contributed by atoms with Gasteiger partial charge < -0.3 is 0 Å². The Hall–Kier alpha value is -0.900. The lowest BCUT2D eigenvalue weighted by Crippen LogP contribution is -1.95. The highest BCUT2D eigenvalue weighted by Gasteiger charge is 2.12. The number of pyridine rings is 1. The molecule has 0 radical (unpaired) electrons. The van der Waals surface area contributed by atoms with Gasteiger partial charge in [0.2, 0.25) is 5.28 Å². The molecular weight excluding hydrogens is 281 g/mol. The topological polar surface area (TPSA) is 38.7 Å². The number of hydrogen-bond donors (Lipinski definition) is 0. The number of fused-ring (bicyclic) bond motifs is 1. The molecule has 2 aromatic heterocycles. The maximum Gasteiger partial charge on any atom is 0.224 e. The van der Waals surface area contributed by atoms with Crippen molar-refractivity contribution in [2.45, 2.75) is 13.3 Å². The van der Waals surface area contributed by atoms with Crippen molar-refractivity contribution in [3.05, 3.63) is 33.8 Å². The molecule has 0 aliphatic rings. The zero-order valence-corrected chi connectivity index (χ0v) is 11.2. The molecule has 0 spiro atoms. The van der Waals surface area contributed by atoms with E-state index in [0.717, 1.165) is 12.0 Å². The van der Waals surface area contributed by atoms with Crippen molar-refractivity contribution in [2.75, 3.05) is 0 Å². The van der Waals surface area contributed by atoms with E-state index in [1.807, 2.05) is 6.92 Å². The molecule has 0 aromatic carbocycles. The largest absolute Gasteiger partial charge is 0.243 e. The van der Waals surface area contributed by atoms with Crippen LogP contribution in [0.4, 0.5) is 0 Å². The standard InChI is InChI=1S/C11H8Cl3N3/c1-3-5(2)7-4-6(12)8-9(15-7)10(13)17-11(14)16-8/h4H,2-3H2,1H3. The Balaban J connectivity index is 2.77. The lowest BCUT2D eigenvalue weighted by molar-refractivity contribution is 1.17. The zero-order chi connectivity index (χ0) is 12.6. The van der Waals surface area contributed by atoms with Crippen LogP contribution in [0.1, 0.15) is 19.0 Å². The molecule has 0 amide bonds. The van der Waals surface area contributed by atoms with Gasteiger partial charge in [-0.1, -0.05) is 36.7 Å². The van der Waals surface area contributed by atoms with Crippen LogP contribution in [-0.2, 0) is 0 Å². The monoisotopic (exact) mass is 287 g/mol. The first-order valence-electron chi connectivity index (χ1n) is 4.90. The molecular formula is C11H8Cl3N3. The summed E-state index contributed by atoms with van der Waals surface area (Å²) in [6.45, 7) is 5.90. The fraction of sp³-hybridized carbons (Fsp3) is 0.182. The van der Waals surface area contributed by atoms with Gasteiger partial charge in [-0.05, 0) is 29.7 Å². The third-order valence-electron chi connectivity index (χ3n) is 2.33. The summed E-state index contributed by atoms with van der Waals surface area (Å²) in [5.41, 5.74) is 2.45. The molecule has 0 atom stereocenters. The van der Waals surface area contributed by atoms with Gasteiger partial charge in [0.05, 0.1) is 10.7 Å². The SMILES string of the molecule is C=C(CC)c1cc(Cl)c2nc(Cl)nc(Cl)c2n1. The molecule has 6 heteroatoms. The maximum absolute atomic E-state index is 6.12. The molecule has 0 unspecified atom stereocenters. The number of hydrogen-bond acceptors (Lipinski definition) is 3. The molecule has 0 saturated carbocycles. The van der Waals surface area contributed by atoms with Crippen molar-refractivity contribution < 1.29 is 0 Å². The van der Waals surface area contributed by atoms with Crippen LogP contribution in [0.15, 0.2) is 12.6 Å². The van der Waals surface area contributed by atoms with E-state index in [4.69, 9.17) is 34.8 Å². The summed E-state index contributed by atoms with van der Waals surface area (Å²) in [7, 11) is 0. The second-order valence-electron chi connectivity index (χ2n) is 3.43. The summed E-state index contributed by atoms with van der Waals surface area (Å²) in [5, 5.41) is 0.673. The first kappa shape index (κ1) is 12.6. The first-order chi connectivity index (χ1) is 8.02. The minimum atomic E-state index is 0.0493. The molecule has 0 N–H and O–H groups in total. The average Bonchev–Trinajstić information content (AvgIpc) is 2.29. The van der Waals surface area contributed by atoms with Crippen molar-refractivity contribution in [3.8, 4) is 0 Å². The zero-order valence-electron chi connectivity index (χ0n) is 8.97. The molecule has 2 aromatic rings. The van der Waals surface area contributed by atoms with Gasteiger partial charge in [0.15, 0.2) is 5.15 Å². The molecule has 2 rings (SSSR count). The van der Waals surface area contributed by atoms with Crippen LogP contribution in [0.3, 0.4) is 0 Å². The lowest BCUT2D eigenvalue weighted by atomic mass is 10.1. The second kappa shape index (κ2) is 4.77. The molecule has 2 heterocycles. The average molecular weight is 289 g/mol. The number of nitrogens with zero attached hydrogens (tertiary/aromatic N) is 3. The highest BCUT2D eigenvalue weighted by molar-refractivity contribution is 6.39. The van der Waals surface area contributed by atoms with Crippen LogP contribution in [0, 0.1) is 0 Å². The molecule has 3 nitrogen and oxygen atoms in total. The summed E-state index contributed by atoms with van der Waals surface area (Å²) >= 11 is 17.8. The molecule has 0 fully saturated rings. The highest BCUT2D eigenvalue weighted by Crippen LogP contribution is 2.29. The van der Waals surface area contributed by atoms with E-state index in [9.17, 15) is 0 Å². The Morgan fingerprint density at radius 2 is 1.88 bits per heavy atom. The maximum atomic E-state index is 6.12. The van der Waals surface area contributed by atoms with E-state index in [0.29, 0.717) is 21.7 Å². The molecule has 17 heavy (non-hydrogen) atoms. The lowest BCUT2D eigenvalue weighted by Gasteiger charge is -2.06. The predicted octanol–water partition coefficient (Wildman–Crippen LogP) is 4.41. The number of halogens is 3. The smallest absolute Gasteiger partial charge is 0.224 e. The fourth-order valence-corrected chi connectivity index (χ4v) is 2.03. The normalized spacial score (nSPS) is 10.8. The number of rotatable bonds is 2. The summed E-state index contributed by atoms with van der Waals surface area (Å²) < 4.78 is 0. The minimum absolute atomic E-state index is 0.0493. The van der Waals surface area contributed by atoms with Crippen molar-refractivity contribution in [1.29, 1.82) is 0 Å². The van der Waals surface area contributed by atoms with Crippen molar-refractivity contribution in [2.24, 2.45) is 0 Å². The van der Waals surface area contributed by atoms with Crippen molar-refractivity contribution in [3.63, 3.8) is 0 Å². The Bertz CT molecular complexity index is 610. The third-order valence-corrected chi connectivity index (χ3v) is 3.05. The van der Waals surface area contributed by atoms with Gasteiger partial charge in [-0.25, -0.2) is 15.0 Å². The summed E-state index contributed by atoms with van der Waals surface area (Å²) in [5.74, 6) is 0. The van der Waals surface area contributed by atoms with Crippen LogP contribution >= 0.6 is 34.8 Å². The van der Waals surface area contributed by atoms with E-state index in [1.54, 1.807) is 6.07 Å². The van der Waals surface area contributed by atoms with Gasteiger partial charge in [0.25, 0.3) is 0 Å². The molecule has 88 valence electrons. The Kier molecular flexibility index (Phi) is 3.52. The number of aromatic nitrogens is 3. The second-order valence-corrected chi connectivity index (χ2v) is 4.53. The fourth-order valence-electron chi connectivity index (χ4n) is 1.37. The quantitative estimate of drug-likeness (QED) is 0.607. The van der Waals surface area contributed by atoms with E-state index < -0.39 is 0 Å². The van der Waals surface area contributed by atoms with Gasteiger partial charge >= 0.3 is 0 Å². The van der Waals surface area contributed by atoms with Crippen LogP contribution in [0.2, 0.25) is 15.5 Å². The van der Waals surface area contributed by atoms with Crippen LogP contribution in [0.5, 0.6) is 0 Å². The van der Waals surface area contributed by atoms with Crippen LogP contribution in [-0.4, -0.2) is 15.0 Å². The van der Waals surface area contributed by atoms with Crippen LogP contribution < -0.4 is 0 Å². The number of allylic oxidation sites excluding steroid dienone is 1. The van der Waals surface area contributed by atoms with Crippen molar-refractivity contribution in [1.82, 2.24) is 15.0 Å². The van der Waals surface area contributed by atoms with E-state index >= 15 is 0 Å². The molecule has 0 bridgehead atoms. The Morgan fingerprint density at radius 3 is 2.53 bits per heavy atom. The Labute approximate surface area is 113 Å². The van der Waals surface area contributed by atoms with Gasteiger partial charge in [0.1, 0.15) is 11.0 Å².